The first-order valence-corrected chi connectivity index (χ1v) is 8.40. The molecule has 0 N–H and O–H groups in total. The molecule has 123 valence electrons. The molecule has 1 heterocycles. The van der Waals surface area contributed by atoms with Gasteiger partial charge in [-0.3, -0.25) is 0 Å². The molecule has 1 aromatic carbocycles. The van der Waals surface area contributed by atoms with Crippen molar-refractivity contribution in [2.24, 2.45) is 0 Å². The first-order chi connectivity index (χ1) is 10.5. The molecular weight excluding hydrogens is 346 g/mol. The quantitative estimate of drug-likeness (QED) is 0.718. The van der Waals surface area contributed by atoms with Crippen molar-refractivity contribution in [3.05, 3.63) is 41.3 Å². The van der Waals surface area contributed by atoms with Gasteiger partial charge in [-0.05, 0) is 23.5 Å². The molecule has 3 atom stereocenters. The Morgan fingerprint density at radius 1 is 1.18 bits per heavy atom. The molecule has 4 nitrogen and oxygen atoms in total. The number of alkyl halides is 1. The van der Waals surface area contributed by atoms with Gasteiger partial charge in [-0.2, -0.15) is 0 Å². The van der Waals surface area contributed by atoms with E-state index in [2.05, 4.69) is 58.9 Å². The van der Waals surface area contributed by atoms with Crippen LogP contribution in [0.5, 0.6) is 0 Å². The van der Waals surface area contributed by atoms with Gasteiger partial charge in [0.2, 0.25) is 0 Å². The summed E-state index contributed by atoms with van der Waals surface area (Å²) < 4.78 is 16.7. The summed E-state index contributed by atoms with van der Waals surface area (Å²) in [6.07, 6.45) is 0.747. The molecule has 0 saturated carbocycles. The van der Waals surface area contributed by atoms with Crippen LogP contribution in [0.25, 0.3) is 0 Å². The van der Waals surface area contributed by atoms with E-state index in [-0.39, 0.29) is 17.5 Å². The highest BCUT2D eigenvalue weighted by molar-refractivity contribution is 9.09. The summed E-state index contributed by atoms with van der Waals surface area (Å²) in [4.78, 5) is 2.18. The molecule has 3 unspecified atom stereocenters. The molecule has 0 amide bonds. The fourth-order valence-corrected chi connectivity index (χ4v) is 3.36. The second-order valence-corrected chi connectivity index (χ2v) is 6.78. The molecule has 1 aliphatic heterocycles. The third-order valence-electron chi connectivity index (χ3n) is 3.78. The fourth-order valence-electron chi connectivity index (χ4n) is 2.69. The van der Waals surface area contributed by atoms with Crippen LogP contribution >= 0.6 is 15.9 Å². The molecule has 2 rings (SSSR count). The van der Waals surface area contributed by atoms with Crippen LogP contribution in [0.1, 0.15) is 25.0 Å². The van der Waals surface area contributed by atoms with Crippen molar-refractivity contribution in [1.29, 1.82) is 0 Å². The Hall–Kier alpha value is -0.460. The molecule has 1 aliphatic rings. The Morgan fingerprint density at radius 3 is 2.36 bits per heavy atom. The molecule has 1 aromatic rings. The maximum atomic E-state index is 5.64. The van der Waals surface area contributed by atoms with E-state index in [4.69, 9.17) is 14.2 Å². The molecule has 1 radical (unpaired) electrons. The van der Waals surface area contributed by atoms with Crippen LogP contribution in [-0.4, -0.2) is 43.2 Å². The molecule has 0 spiro atoms. The molecular formula is C17H25BrNO3. The molecule has 0 bridgehead atoms. The van der Waals surface area contributed by atoms with E-state index in [0.717, 1.165) is 13.0 Å². The maximum Gasteiger partial charge on any atom is 0.152 e. The second kappa shape index (κ2) is 8.41. The van der Waals surface area contributed by atoms with Gasteiger partial charge in [-0.15, -0.1) is 0 Å². The molecule has 0 aliphatic carbocycles. The standard InChI is InChI=1S/C17H25BrNO3/c1-12(2)9-13-5-7-14(8-6-13)10-19-15(20-3)11-22-16(18)17(19)21-4/h5-8,15-17H,9-11H2,1-4H3. The highest BCUT2D eigenvalue weighted by Crippen LogP contribution is 2.26. The molecule has 1 saturated heterocycles. The molecule has 22 heavy (non-hydrogen) atoms. The average molecular weight is 371 g/mol. The number of hydrogen-bond acceptors (Lipinski definition) is 4. The van der Waals surface area contributed by atoms with E-state index in [9.17, 15) is 0 Å². The Kier molecular flexibility index (Phi) is 6.84. The van der Waals surface area contributed by atoms with Crippen LogP contribution in [0.4, 0.5) is 0 Å². The zero-order chi connectivity index (χ0) is 16.1. The minimum Gasteiger partial charge on any atom is -0.364 e. The smallest absolute Gasteiger partial charge is 0.152 e. The first-order valence-electron chi connectivity index (χ1n) is 7.49. The lowest BCUT2D eigenvalue weighted by atomic mass is 10.0. The van der Waals surface area contributed by atoms with Crippen LogP contribution in [0.15, 0.2) is 24.3 Å². The minimum absolute atomic E-state index is 0.107. The third kappa shape index (κ3) is 4.52. The van der Waals surface area contributed by atoms with Gasteiger partial charge in [0.25, 0.3) is 0 Å². The summed E-state index contributed by atoms with van der Waals surface area (Å²) in [5.74, 6) is 1.42. The summed E-state index contributed by atoms with van der Waals surface area (Å²) >= 11 is 3.52. The van der Waals surface area contributed by atoms with Crippen LogP contribution in [0.3, 0.4) is 0 Å². The number of ether oxygens (including phenoxy) is 3. The van der Waals surface area contributed by atoms with E-state index in [1.54, 1.807) is 14.2 Å². The zero-order valence-corrected chi connectivity index (χ0v) is 15.3. The molecule has 1 fully saturated rings. The van der Waals surface area contributed by atoms with Crippen LogP contribution < -0.4 is 0 Å². The highest BCUT2D eigenvalue weighted by Gasteiger charge is 2.37. The lowest BCUT2D eigenvalue weighted by molar-refractivity contribution is -0.225. The predicted molar refractivity (Wildman–Crippen MR) is 90.5 cm³/mol. The van der Waals surface area contributed by atoms with Gasteiger partial charge in [0.1, 0.15) is 12.5 Å². The molecule has 0 aromatic heterocycles. The number of nitrogens with zero attached hydrogens (tertiary/aromatic N) is 1. The van der Waals surface area contributed by atoms with Crippen molar-refractivity contribution in [2.75, 3.05) is 20.8 Å². The summed E-state index contributed by atoms with van der Waals surface area (Å²) in [6, 6.07) is 8.74. The Morgan fingerprint density at radius 2 is 1.82 bits per heavy atom. The number of rotatable bonds is 6. The summed E-state index contributed by atoms with van der Waals surface area (Å²) in [5, 5.41) is -0.152. The summed E-state index contributed by atoms with van der Waals surface area (Å²) in [6.45, 7) is 5.60. The highest BCUT2D eigenvalue weighted by atomic mass is 79.9. The molecule has 5 heteroatoms. The van der Waals surface area contributed by atoms with E-state index in [1.807, 2.05) is 0 Å². The Bertz CT molecular complexity index is 452. The average Bonchev–Trinajstić information content (AvgIpc) is 2.49. The van der Waals surface area contributed by atoms with E-state index >= 15 is 0 Å². The van der Waals surface area contributed by atoms with Crippen molar-refractivity contribution in [3.63, 3.8) is 0 Å². The lowest BCUT2D eigenvalue weighted by Gasteiger charge is -2.42. The summed E-state index contributed by atoms with van der Waals surface area (Å²) in [5.41, 5.74) is 2.58. The van der Waals surface area contributed by atoms with Crippen LogP contribution in [0, 0.1) is 5.92 Å². The van der Waals surface area contributed by atoms with Gasteiger partial charge in [0.15, 0.2) is 5.01 Å². The van der Waals surface area contributed by atoms with Crippen LogP contribution in [0.2, 0.25) is 0 Å². The zero-order valence-electron chi connectivity index (χ0n) is 13.7. The SMILES string of the molecule is COC1COC(Br)C(OC)N1Cc1ccc(C[C](C)C)cc1. The largest absolute Gasteiger partial charge is 0.364 e. The number of methoxy groups -OCH3 is 2. The normalized spacial score (nSPS) is 26.5. The van der Waals surface area contributed by atoms with Gasteiger partial charge < -0.3 is 14.2 Å². The van der Waals surface area contributed by atoms with E-state index in [1.165, 1.54) is 17.0 Å². The number of benzene rings is 1. The van der Waals surface area contributed by atoms with Crippen molar-refractivity contribution in [3.8, 4) is 0 Å². The van der Waals surface area contributed by atoms with Crippen molar-refractivity contribution < 1.29 is 14.2 Å². The van der Waals surface area contributed by atoms with Gasteiger partial charge in [-0.1, -0.05) is 54.0 Å². The monoisotopic (exact) mass is 370 g/mol. The topological polar surface area (TPSA) is 30.9 Å². The fraction of sp³-hybridized carbons (Fsp3) is 0.588. The van der Waals surface area contributed by atoms with Gasteiger partial charge in [0, 0.05) is 20.8 Å². The van der Waals surface area contributed by atoms with Crippen molar-refractivity contribution in [1.82, 2.24) is 4.90 Å². The van der Waals surface area contributed by atoms with Gasteiger partial charge >= 0.3 is 0 Å². The van der Waals surface area contributed by atoms with Gasteiger partial charge in [-0.25, -0.2) is 4.90 Å². The second-order valence-electron chi connectivity index (χ2n) is 5.87. The van der Waals surface area contributed by atoms with E-state index < -0.39 is 0 Å². The number of hydrogen-bond donors (Lipinski definition) is 0. The third-order valence-corrected chi connectivity index (χ3v) is 4.49. The minimum atomic E-state index is -0.176. The first kappa shape index (κ1) is 17.9. The van der Waals surface area contributed by atoms with E-state index in [0.29, 0.717) is 6.61 Å². The summed E-state index contributed by atoms with van der Waals surface area (Å²) in [7, 11) is 3.39. The van der Waals surface area contributed by atoms with Crippen molar-refractivity contribution in [2.45, 2.75) is 44.3 Å². The van der Waals surface area contributed by atoms with Gasteiger partial charge in [0.05, 0.1) is 6.61 Å². The van der Waals surface area contributed by atoms with Crippen molar-refractivity contribution >= 4 is 15.9 Å². The lowest BCUT2D eigenvalue weighted by Crippen LogP contribution is -2.55. The predicted octanol–water partition coefficient (Wildman–Crippen LogP) is 3.34. The Labute approximate surface area is 141 Å². The Balaban J connectivity index is 2.08. The number of morpholine rings is 1. The maximum absolute atomic E-state index is 5.64. The van der Waals surface area contributed by atoms with Crippen LogP contribution in [-0.2, 0) is 27.2 Å². The number of halogens is 1.